The maximum atomic E-state index is 11.0. The summed E-state index contributed by atoms with van der Waals surface area (Å²) in [5.41, 5.74) is 0. The highest BCUT2D eigenvalue weighted by Crippen LogP contribution is 1.99. The number of esters is 1. The Bertz CT molecular complexity index is 217. The van der Waals surface area contributed by atoms with Gasteiger partial charge >= 0.3 is 11.9 Å². The van der Waals surface area contributed by atoms with Crippen LogP contribution >= 0.6 is 0 Å². The molecule has 6 heteroatoms. The third-order valence-corrected chi connectivity index (χ3v) is 1.36. The number of rotatable bonds is 6. The van der Waals surface area contributed by atoms with Crippen LogP contribution in [0.2, 0.25) is 0 Å². The zero-order chi connectivity index (χ0) is 11.8. The zero-order valence-electron chi connectivity index (χ0n) is 9.23. The summed E-state index contributed by atoms with van der Waals surface area (Å²) in [6.07, 6.45) is -1.19. The van der Waals surface area contributed by atoms with Crippen LogP contribution in [0.4, 0.5) is 0 Å². The SMILES string of the molecule is CCCOC(=O)C(O)CC(=O)ON(C)C. The van der Waals surface area contributed by atoms with Crippen LogP contribution in [0.15, 0.2) is 0 Å². The molecular formula is C9H17NO5. The second-order valence-electron chi connectivity index (χ2n) is 3.16. The predicted molar refractivity (Wildman–Crippen MR) is 51.7 cm³/mol. The van der Waals surface area contributed by atoms with Crippen molar-refractivity contribution < 1.29 is 24.3 Å². The molecule has 0 heterocycles. The number of ether oxygens (including phenoxy) is 1. The lowest BCUT2D eigenvalue weighted by Crippen LogP contribution is -2.29. The standard InChI is InChI=1S/C9H17NO5/c1-4-5-14-9(13)7(11)6-8(12)15-10(2)3/h7,11H,4-6H2,1-3H3. The molecule has 0 spiro atoms. The molecule has 1 atom stereocenters. The van der Waals surface area contributed by atoms with Gasteiger partial charge in [0.2, 0.25) is 0 Å². The Morgan fingerprint density at radius 2 is 2.00 bits per heavy atom. The van der Waals surface area contributed by atoms with Crippen molar-refractivity contribution in [3.8, 4) is 0 Å². The van der Waals surface area contributed by atoms with Crippen molar-refractivity contribution in [1.82, 2.24) is 5.06 Å². The van der Waals surface area contributed by atoms with Crippen molar-refractivity contribution in [3.05, 3.63) is 0 Å². The smallest absolute Gasteiger partial charge is 0.335 e. The predicted octanol–water partition coefficient (Wildman–Crippen LogP) is -0.290. The summed E-state index contributed by atoms with van der Waals surface area (Å²) >= 11 is 0. The lowest BCUT2D eigenvalue weighted by Gasteiger charge is -2.12. The zero-order valence-corrected chi connectivity index (χ0v) is 9.23. The average Bonchev–Trinajstić information content (AvgIpc) is 2.12. The first-order chi connectivity index (χ1) is 6.97. The van der Waals surface area contributed by atoms with E-state index >= 15 is 0 Å². The molecule has 0 rings (SSSR count). The molecule has 0 aliphatic rings. The third kappa shape index (κ3) is 6.87. The highest BCUT2D eigenvalue weighted by Gasteiger charge is 2.21. The highest BCUT2D eigenvalue weighted by molar-refractivity contribution is 5.81. The summed E-state index contributed by atoms with van der Waals surface area (Å²) in [5, 5.41) is 10.4. The fourth-order valence-electron chi connectivity index (χ4n) is 0.781. The number of hydroxylamine groups is 2. The molecule has 0 aromatic carbocycles. The van der Waals surface area contributed by atoms with Gasteiger partial charge in [-0.2, -0.15) is 0 Å². The number of aliphatic hydroxyl groups excluding tert-OH is 1. The van der Waals surface area contributed by atoms with Gasteiger partial charge in [0.1, 0.15) is 0 Å². The van der Waals surface area contributed by atoms with Crippen molar-refractivity contribution in [1.29, 1.82) is 0 Å². The molecule has 15 heavy (non-hydrogen) atoms. The first-order valence-corrected chi connectivity index (χ1v) is 4.70. The van der Waals surface area contributed by atoms with Crippen LogP contribution in [0.5, 0.6) is 0 Å². The van der Waals surface area contributed by atoms with Crippen LogP contribution in [0.3, 0.4) is 0 Å². The molecule has 0 bridgehead atoms. The molecule has 1 N–H and O–H groups in total. The van der Waals surface area contributed by atoms with Crippen LogP contribution < -0.4 is 0 Å². The van der Waals surface area contributed by atoms with Gasteiger partial charge in [0.25, 0.3) is 0 Å². The molecule has 0 aromatic rings. The number of carbonyl (C=O) groups excluding carboxylic acids is 2. The Morgan fingerprint density at radius 3 is 2.47 bits per heavy atom. The molecule has 0 saturated carbocycles. The summed E-state index contributed by atoms with van der Waals surface area (Å²) in [6, 6.07) is 0. The topological polar surface area (TPSA) is 76.1 Å². The van der Waals surface area contributed by atoms with Gasteiger partial charge in [0.05, 0.1) is 13.0 Å². The van der Waals surface area contributed by atoms with Gasteiger partial charge < -0.3 is 14.7 Å². The van der Waals surface area contributed by atoms with Gasteiger partial charge in [-0.15, -0.1) is 5.06 Å². The molecule has 1 unspecified atom stereocenters. The van der Waals surface area contributed by atoms with E-state index in [2.05, 4.69) is 9.57 Å². The Morgan fingerprint density at radius 1 is 1.40 bits per heavy atom. The van der Waals surface area contributed by atoms with E-state index in [4.69, 9.17) is 0 Å². The molecule has 0 radical (unpaired) electrons. The average molecular weight is 219 g/mol. The highest BCUT2D eigenvalue weighted by atomic mass is 16.7. The second-order valence-corrected chi connectivity index (χ2v) is 3.16. The largest absolute Gasteiger partial charge is 0.464 e. The van der Waals surface area contributed by atoms with Crippen molar-refractivity contribution >= 4 is 11.9 Å². The van der Waals surface area contributed by atoms with E-state index in [0.29, 0.717) is 6.42 Å². The molecule has 0 saturated heterocycles. The number of aliphatic hydroxyl groups is 1. The Balaban J connectivity index is 3.85. The summed E-state index contributed by atoms with van der Waals surface area (Å²) < 4.78 is 4.65. The molecular weight excluding hydrogens is 202 g/mol. The van der Waals surface area contributed by atoms with Crippen LogP contribution in [0.1, 0.15) is 19.8 Å². The summed E-state index contributed by atoms with van der Waals surface area (Å²) in [4.78, 5) is 26.6. The van der Waals surface area contributed by atoms with E-state index in [0.717, 1.165) is 0 Å². The van der Waals surface area contributed by atoms with Crippen molar-refractivity contribution in [3.63, 3.8) is 0 Å². The third-order valence-electron chi connectivity index (χ3n) is 1.36. The normalized spacial score (nSPS) is 12.3. The summed E-state index contributed by atoms with van der Waals surface area (Å²) in [6.45, 7) is 2.07. The van der Waals surface area contributed by atoms with E-state index in [9.17, 15) is 14.7 Å². The quantitative estimate of drug-likeness (QED) is 0.488. The molecule has 0 aromatic heterocycles. The van der Waals surface area contributed by atoms with Crippen LogP contribution in [0.25, 0.3) is 0 Å². The van der Waals surface area contributed by atoms with Crippen molar-refractivity contribution in [2.75, 3.05) is 20.7 Å². The van der Waals surface area contributed by atoms with E-state index in [-0.39, 0.29) is 6.61 Å². The van der Waals surface area contributed by atoms with Crippen LogP contribution in [-0.2, 0) is 19.2 Å². The van der Waals surface area contributed by atoms with Gasteiger partial charge in [-0.05, 0) is 6.42 Å². The Labute approximate surface area is 88.7 Å². The molecule has 0 fully saturated rings. The fraction of sp³-hybridized carbons (Fsp3) is 0.778. The van der Waals surface area contributed by atoms with E-state index in [1.807, 2.05) is 6.92 Å². The first kappa shape index (κ1) is 13.9. The lowest BCUT2D eigenvalue weighted by molar-refractivity contribution is -0.183. The monoisotopic (exact) mass is 219 g/mol. The van der Waals surface area contributed by atoms with E-state index in [1.165, 1.54) is 19.2 Å². The molecule has 0 aliphatic heterocycles. The van der Waals surface area contributed by atoms with Gasteiger partial charge in [-0.3, -0.25) is 4.79 Å². The fourth-order valence-corrected chi connectivity index (χ4v) is 0.781. The maximum absolute atomic E-state index is 11.0. The molecule has 6 nitrogen and oxygen atoms in total. The number of carbonyl (C=O) groups is 2. The second kappa shape index (κ2) is 7.19. The van der Waals surface area contributed by atoms with Crippen LogP contribution in [-0.4, -0.2) is 48.9 Å². The summed E-state index contributed by atoms with van der Waals surface area (Å²) in [7, 11) is 3.05. The number of hydrogen-bond donors (Lipinski definition) is 1. The van der Waals surface area contributed by atoms with Gasteiger partial charge in [-0.1, -0.05) is 6.92 Å². The van der Waals surface area contributed by atoms with Gasteiger partial charge in [-0.25, -0.2) is 4.79 Å². The van der Waals surface area contributed by atoms with E-state index < -0.39 is 24.5 Å². The minimum Gasteiger partial charge on any atom is -0.464 e. The Kier molecular flexibility index (Phi) is 6.64. The Hall–Kier alpha value is -1.14. The number of hydrogen-bond acceptors (Lipinski definition) is 6. The minimum absolute atomic E-state index is 0.235. The van der Waals surface area contributed by atoms with Gasteiger partial charge in [0, 0.05) is 14.1 Å². The van der Waals surface area contributed by atoms with E-state index in [1.54, 1.807) is 0 Å². The summed E-state index contributed by atoms with van der Waals surface area (Å²) in [5.74, 6) is -1.48. The van der Waals surface area contributed by atoms with Gasteiger partial charge in [0.15, 0.2) is 6.10 Å². The van der Waals surface area contributed by atoms with Crippen molar-refractivity contribution in [2.24, 2.45) is 0 Å². The molecule has 0 amide bonds. The first-order valence-electron chi connectivity index (χ1n) is 4.70. The number of nitrogens with zero attached hydrogens (tertiary/aromatic N) is 1. The molecule has 0 aliphatic carbocycles. The maximum Gasteiger partial charge on any atom is 0.335 e. The molecule has 88 valence electrons. The minimum atomic E-state index is -1.45. The van der Waals surface area contributed by atoms with Crippen LogP contribution in [0, 0.1) is 0 Å². The van der Waals surface area contributed by atoms with Crippen molar-refractivity contribution in [2.45, 2.75) is 25.9 Å². The lowest BCUT2D eigenvalue weighted by atomic mass is 10.2.